The normalized spacial score (nSPS) is 25.8. The summed E-state index contributed by atoms with van der Waals surface area (Å²) in [6.45, 7) is 3.58. The Hall–Kier alpha value is -1.25. The highest BCUT2D eigenvalue weighted by atomic mass is 32.2. The van der Waals surface area contributed by atoms with Crippen molar-refractivity contribution in [3.8, 4) is 0 Å². The van der Waals surface area contributed by atoms with E-state index < -0.39 is 9.84 Å². The van der Waals surface area contributed by atoms with Gasteiger partial charge in [0.05, 0.1) is 21.7 Å². The highest BCUT2D eigenvalue weighted by Gasteiger charge is 2.34. The second-order valence-electron chi connectivity index (χ2n) is 5.91. The second kappa shape index (κ2) is 5.43. The van der Waals surface area contributed by atoms with Gasteiger partial charge in [0.25, 0.3) is 0 Å². The molecule has 0 amide bonds. The summed E-state index contributed by atoms with van der Waals surface area (Å²) in [7, 11) is -2.81. The van der Waals surface area contributed by atoms with Crippen LogP contribution in [0, 0.1) is 0 Å². The topological polar surface area (TPSA) is 66.4 Å². The van der Waals surface area contributed by atoms with E-state index >= 15 is 0 Å². The van der Waals surface area contributed by atoms with Crippen molar-refractivity contribution in [1.29, 1.82) is 0 Å². The van der Waals surface area contributed by atoms with Crippen LogP contribution in [0.2, 0.25) is 0 Å². The Labute approximate surface area is 133 Å². The number of nitrogens with zero attached hydrogens (tertiary/aromatic N) is 4. The molecule has 6 nitrogen and oxygen atoms in total. The fourth-order valence-electron chi connectivity index (χ4n) is 3.36. The van der Waals surface area contributed by atoms with Crippen LogP contribution in [0.25, 0.3) is 10.2 Å². The summed E-state index contributed by atoms with van der Waals surface area (Å²) < 4.78 is 24.4. The zero-order chi connectivity index (χ0) is 15.2. The van der Waals surface area contributed by atoms with Gasteiger partial charge in [-0.2, -0.15) is 0 Å². The molecule has 4 heterocycles. The quantitative estimate of drug-likeness (QED) is 0.814. The fourth-order valence-corrected chi connectivity index (χ4v) is 5.99. The van der Waals surface area contributed by atoms with Gasteiger partial charge < -0.3 is 4.90 Å². The lowest BCUT2D eigenvalue weighted by molar-refractivity contribution is 0.200. The number of fused-ring (bicyclic) bond motifs is 1. The van der Waals surface area contributed by atoms with Crippen LogP contribution in [0.3, 0.4) is 0 Å². The highest BCUT2D eigenvalue weighted by molar-refractivity contribution is 7.91. The second-order valence-corrected chi connectivity index (χ2v) is 9.06. The number of aromatic nitrogens is 2. The van der Waals surface area contributed by atoms with Gasteiger partial charge in [0, 0.05) is 32.2 Å². The summed E-state index contributed by atoms with van der Waals surface area (Å²) in [5.74, 6) is 1.69. The Morgan fingerprint density at radius 1 is 1.18 bits per heavy atom. The third kappa shape index (κ3) is 2.59. The van der Waals surface area contributed by atoms with Gasteiger partial charge in [0.2, 0.25) is 0 Å². The Balaban J connectivity index is 1.47. The first-order valence-corrected chi connectivity index (χ1v) is 10.2. The predicted octanol–water partition coefficient (Wildman–Crippen LogP) is 1.00. The first-order chi connectivity index (χ1) is 10.6. The lowest BCUT2D eigenvalue weighted by Crippen LogP contribution is -2.51. The van der Waals surface area contributed by atoms with Gasteiger partial charge >= 0.3 is 0 Å². The number of rotatable bonds is 2. The molecule has 4 rings (SSSR count). The van der Waals surface area contributed by atoms with E-state index in [0.29, 0.717) is 11.5 Å². The third-order valence-electron chi connectivity index (χ3n) is 4.56. The van der Waals surface area contributed by atoms with Gasteiger partial charge in [-0.05, 0) is 17.9 Å². The predicted molar refractivity (Wildman–Crippen MR) is 88.3 cm³/mol. The van der Waals surface area contributed by atoms with Crippen LogP contribution < -0.4 is 4.90 Å². The molecule has 118 valence electrons. The molecule has 22 heavy (non-hydrogen) atoms. The smallest absolute Gasteiger partial charge is 0.151 e. The summed E-state index contributed by atoms with van der Waals surface area (Å²) in [6.07, 6.45) is 2.41. The summed E-state index contributed by atoms with van der Waals surface area (Å²) in [5, 5.41) is 2.04. The zero-order valence-electron chi connectivity index (χ0n) is 12.2. The highest BCUT2D eigenvalue weighted by Crippen LogP contribution is 2.29. The van der Waals surface area contributed by atoms with E-state index in [1.54, 1.807) is 17.7 Å². The van der Waals surface area contributed by atoms with Gasteiger partial charge in [0.15, 0.2) is 9.84 Å². The van der Waals surface area contributed by atoms with E-state index in [-0.39, 0.29) is 6.04 Å². The Morgan fingerprint density at radius 2 is 2.00 bits per heavy atom. The molecule has 2 saturated heterocycles. The van der Waals surface area contributed by atoms with Crippen molar-refractivity contribution >= 4 is 37.2 Å². The van der Waals surface area contributed by atoms with Crippen LogP contribution in [0.15, 0.2) is 17.8 Å². The maximum Gasteiger partial charge on any atom is 0.151 e. The lowest BCUT2D eigenvalue weighted by atomic mass is 10.2. The van der Waals surface area contributed by atoms with Crippen molar-refractivity contribution < 1.29 is 8.42 Å². The number of piperazine rings is 1. The largest absolute Gasteiger partial charge is 0.353 e. The number of thiophene rings is 1. The summed E-state index contributed by atoms with van der Waals surface area (Å²) in [6, 6.07) is 2.23. The fraction of sp³-hybridized carbons (Fsp3) is 0.571. The van der Waals surface area contributed by atoms with Crippen LogP contribution in [0.1, 0.15) is 6.42 Å². The molecule has 0 saturated carbocycles. The zero-order valence-corrected chi connectivity index (χ0v) is 13.8. The number of hydrogen-bond donors (Lipinski definition) is 0. The molecule has 0 radical (unpaired) electrons. The monoisotopic (exact) mass is 338 g/mol. The molecule has 0 N–H and O–H groups in total. The van der Waals surface area contributed by atoms with Crippen molar-refractivity contribution in [2.75, 3.05) is 42.6 Å². The maximum atomic E-state index is 11.6. The molecule has 2 aromatic heterocycles. The van der Waals surface area contributed by atoms with E-state index in [2.05, 4.69) is 19.8 Å². The van der Waals surface area contributed by atoms with Crippen molar-refractivity contribution in [3.05, 3.63) is 17.8 Å². The molecular formula is C14H18N4O2S2. The molecule has 0 aromatic carbocycles. The molecule has 0 spiro atoms. The Kier molecular flexibility index (Phi) is 3.54. The maximum absolute atomic E-state index is 11.6. The first kappa shape index (κ1) is 14.3. The molecule has 1 atom stereocenters. The summed E-state index contributed by atoms with van der Waals surface area (Å²) in [4.78, 5) is 13.4. The minimum absolute atomic E-state index is 0.208. The number of hydrogen-bond acceptors (Lipinski definition) is 7. The molecule has 8 heteroatoms. The van der Waals surface area contributed by atoms with E-state index in [0.717, 1.165) is 48.6 Å². The van der Waals surface area contributed by atoms with E-state index in [1.807, 2.05) is 11.4 Å². The van der Waals surface area contributed by atoms with Crippen LogP contribution in [0.4, 0.5) is 5.82 Å². The average Bonchev–Trinajstić information content (AvgIpc) is 3.13. The number of sulfone groups is 1. The third-order valence-corrected chi connectivity index (χ3v) is 7.21. The lowest BCUT2D eigenvalue weighted by Gasteiger charge is -2.38. The minimum atomic E-state index is -2.81. The molecule has 2 aliphatic heterocycles. The molecule has 0 bridgehead atoms. The van der Waals surface area contributed by atoms with E-state index in [9.17, 15) is 8.42 Å². The number of anilines is 1. The SMILES string of the molecule is O=S1(=O)CC[C@@H](N2CCN(c3ncnc4ccsc34)CC2)C1. The van der Waals surface area contributed by atoms with Gasteiger partial charge in [-0.1, -0.05) is 0 Å². The summed E-state index contributed by atoms with van der Waals surface area (Å²) in [5.41, 5.74) is 0.999. The Morgan fingerprint density at radius 3 is 2.73 bits per heavy atom. The van der Waals surface area contributed by atoms with E-state index in [1.165, 1.54) is 0 Å². The first-order valence-electron chi connectivity index (χ1n) is 7.50. The van der Waals surface area contributed by atoms with Crippen molar-refractivity contribution in [2.45, 2.75) is 12.5 Å². The molecule has 0 unspecified atom stereocenters. The molecule has 0 aliphatic carbocycles. The van der Waals surface area contributed by atoms with Crippen LogP contribution >= 0.6 is 11.3 Å². The molecule has 2 fully saturated rings. The Bertz CT molecular complexity index is 781. The van der Waals surface area contributed by atoms with Crippen molar-refractivity contribution in [3.63, 3.8) is 0 Å². The van der Waals surface area contributed by atoms with Crippen LogP contribution in [-0.4, -0.2) is 67.0 Å². The van der Waals surface area contributed by atoms with Crippen LogP contribution in [0.5, 0.6) is 0 Å². The summed E-state index contributed by atoms with van der Waals surface area (Å²) >= 11 is 1.67. The van der Waals surface area contributed by atoms with Gasteiger partial charge in [-0.15, -0.1) is 11.3 Å². The van der Waals surface area contributed by atoms with Crippen molar-refractivity contribution in [2.24, 2.45) is 0 Å². The van der Waals surface area contributed by atoms with Gasteiger partial charge in [0.1, 0.15) is 12.1 Å². The van der Waals surface area contributed by atoms with Gasteiger partial charge in [-0.25, -0.2) is 18.4 Å². The standard InChI is InChI=1S/C14H18N4O2S2/c19-22(20)8-2-11(9-22)17-3-5-18(6-4-17)14-13-12(1-7-21-13)15-10-16-14/h1,7,10-11H,2-6,8-9H2/t11-/m1/s1. The molecule has 2 aliphatic rings. The minimum Gasteiger partial charge on any atom is -0.353 e. The average molecular weight is 338 g/mol. The van der Waals surface area contributed by atoms with E-state index in [4.69, 9.17) is 0 Å². The van der Waals surface area contributed by atoms with Gasteiger partial charge in [-0.3, -0.25) is 4.90 Å². The molecule has 2 aromatic rings. The van der Waals surface area contributed by atoms with Crippen molar-refractivity contribution in [1.82, 2.24) is 14.9 Å². The molecular weight excluding hydrogens is 320 g/mol. The van der Waals surface area contributed by atoms with Crippen LogP contribution in [-0.2, 0) is 9.84 Å².